The molecule has 0 aliphatic carbocycles. The van der Waals surface area contributed by atoms with Crippen molar-refractivity contribution in [2.24, 2.45) is 5.92 Å². The molecule has 2 aliphatic heterocycles. The second-order valence-corrected chi connectivity index (χ2v) is 8.14. The Balaban J connectivity index is 1.43. The number of hydrogen-bond acceptors (Lipinski definition) is 5. The lowest BCUT2D eigenvalue weighted by atomic mass is 9.86. The predicted octanol–water partition coefficient (Wildman–Crippen LogP) is 2.26. The minimum absolute atomic E-state index is 0.239. The van der Waals surface area contributed by atoms with Crippen LogP contribution in [-0.2, 0) is 16.1 Å². The summed E-state index contributed by atoms with van der Waals surface area (Å²) in [7, 11) is 0. The SMILES string of the molecule is Cc1ccc2nc(CN3CC[C@H](N4CCOCC4)[C@H](CCC(=O)O)C3)[nH]c2c1. The van der Waals surface area contributed by atoms with Crippen LogP contribution in [0.3, 0.4) is 0 Å². The number of morpholine rings is 1. The van der Waals surface area contributed by atoms with E-state index in [2.05, 4.69) is 39.9 Å². The van der Waals surface area contributed by atoms with Gasteiger partial charge in [-0.1, -0.05) is 6.07 Å². The smallest absolute Gasteiger partial charge is 0.303 e. The topological polar surface area (TPSA) is 81.7 Å². The number of carboxylic acids is 1. The highest BCUT2D eigenvalue weighted by Crippen LogP contribution is 2.28. The first-order valence-corrected chi connectivity index (χ1v) is 10.3. The molecule has 0 amide bonds. The minimum Gasteiger partial charge on any atom is -0.481 e. The molecular weight excluding hydrogens is 356 g/mol. The number of imidazole rings is 1. The number of piperidine rings is 1. The fourth-order valence-electron chi connectivity index (χ4n) is 4.68. The highest BCUT2D eigenvalue weighted by atomic mass is 16.5. The van der Waals surface area contributed by atoms with E-state index in [1.165, 1.54) is 5.56 Å². The second kappa shape index (κ2) is 8.59. The molecule has 2 N–H and O–H groups in total. The number of benzene rings is 1. The van der Waals surface area contributed by atoms with E-state index in [1.54, 1.807) is 0 Å². The number of fused-ring (bicyclic) bond motifs is 1. The van der Waals surface area contributed by atoms with E-state index in [-0.39, 0.29) is 6.42 Å². The maximum atomic E-state index is 11.2. The van der Waals surface area contributed by atoms with Crippen molar-refractivity contribution in [3.05, 3.63) is 29.6 Å². The van der Waals surface area contributed by atoms with Gasteiger partial charge in [0.05, 0.1) is 30.8 Å². The van der Waals surface area contributed by atoms with Crippen molar-refractivity contribution in [1.29, 1.82) is 0 Å². The molecule has 1 aromatic carbocycles. The van der Waals surface area contributed by atoms with Crippen LogP contribution in [0.1, 0.15) is 30.7 Å². The van der Waals surface area contributed by atoms with Crippen LogP contribution in [0.5, 0.6) is 0 Å². The number of hydrogen-bond donors (Lipinski definition) is 2. The third kappa shape index (κ3) is 4.54. The van der Waals surface area contributed by atoms with Gasteiger partial charge in [0, 0.05) is 38.6 Å². The Morgan fingerprint density at radius 2 is 2.14 bits per heavy atom. The van der Waals surface area contributed by atoms with Gasteiger partial charge in [0.15, 0.2) is 0 Å². The molecule has 7 nitrogen and oxygen atoms in total. The van der Waals surface area contributed by atoms with Crippen LogP contribution >= 0.6 is 0 Å². The van der Waals surface area contributed by atoms with E-state index in [0.29, 0.717) is 12.0 Å². The van der Waals surface area contributed by atoms with Crippen LogP contribution in [-0.4, -0.2) is 76.3 Å². The summed E-state index contributed by atoms with van der Waals surface area (Å²) in [5.74, 6) is 0.655. The van der Waals surface area contributed by atoms with Crippen LogP contribution in [0.15, 0.2) is 18.2 Å². The number of aromatic amines is 1. The Hall–Kier alpha value is -1.96. The number of carboxylic acid groups (broad SMARTS) is 1. The van der Waals surface area contributed by atoms with Crippen LogP contribution in [0.25, 0.3) is 11.0 Å². The van der Waals surface area contributed by atoms with E-state index < -0.39 is 5.97 Å². The summed E-state index contributed by atoms with van der Waals surface area (Å²) >= 11 is 0. The number of nitrogens with zero attached hydrogens (tertiary/aromatic N) is 3. The summed E-state index contributed by atoms with van der Waals surface area (Å²) in [6, 6.07) is 6.73. The lowest BCUT2D eigenvalue weighted by molar-refractivity contribution is -0.137. The zero-order valence-corrected chi connectivity index (χ0v) is 16.6. The summed E-state index contributed by atoms with van der Waals surface area (Å²) in [6.45, 7) is 8.28. The van der Waals surface area contributed by atoms with Gasteiger partial charge in [0.2, 0.25) is 0 Å². The van der Waals surface area contributed by atoms with Gasteiger partial charge in [-0.25, -0.2) is 4.98 Å². The molecule has 1 aromatic heterocycles. The van der Waals surface area contributed by atoms with Crippen molar-refractivity contribution < 1.29 is 14.6 Å². The van der Waals surface area contributed by atoms with Gasteiger partial charge >= 0.3 is 5.97 Å². The molecule has 7 heteroatoms. The first-order chi connectivity index (χ1) is 13.6. The maximum Gasteiger partial charge on any atom is 0.303 e. The highest BCUT2D eigenvalue weighted by molar-refractivity contribution is 5.75. The van der Waals surface area contributed by atoms with Crippen molar-refractivity contribution in [2.75, 3.05) is 39.4 Å². The number of rotatable bonds is 6. The number of nitrogens with one attached hydrogen (secondary N) is 1. The first-order valence-electron chi connectivity index (χ1n) is 10.3. The Morgan fingerprint density at radius 3 is 2.93 bits per heavy atom. The van der Waals surface area contributed by atoms with Gasteiger partial charge in [-0.15, -0.1) is 0 Å². The number of likely N-dealkylation sites (tertiary alicyclic amines) is 1. The molecule has 0 unspecified atom stereocenters. The lowest BCUT2D eigenvalue weighted by Gasteiger charge is -2.45. The van der Waals surface area contributed by atoms with Crippen LogP contribution in [0, 0.1) is 12.8 Å². The van der Waals surface area contributed by atoms with Crippen molar-refractivity contribution in [3.63, 3.8) is 0 Å². The van der Waals surface area contributed by atoms with E-state index in [9.17, 15) is 9.90 Å². The number of aryl methyl sites for hydroxylation is 1. The zero-order chi connectivity index (χ0) is 19.5. The number of carbonyl (C=O) groups is 1. The molecule has 2 saturated heterocycles. The monoisotopic (exact) mass is 386 g/mol. The average molecular weight is 386 g/mol. The van der Waals surface area contributed by atoms with E-state index in [0.717, 1.165) is 75.6 Å². The molecule has 0 spiro atoms. The Kier molecular flexibility index (Phi) is 5.94. The average Bonchev–Trinajstić information content (AvgIpc) is 3.08. The predicted molar refractivity (Wildman–Crippen MR) is 107 cm³/mol. The molecule has 4 rings (SSSR count). The van der Waals surface area contributed by atoms with Gasteiger partial charge < -0.3 is 14.8 Å². The highest BCUT2D eigenvalue weighted by Gasteiger charge is 2.34. The Morgan fingerprint density at radius 1 is 1.32 bits per heavy atom. The van der Waals surface area contributed by atoms with Crippen LogP contribution in [0.4, 0.5) is 0 Å². The summed E-state index contributed by atoms with van der Waals surface area (Å²) in [5.41, 5.74) is 3.31. The molecule has 0 bridgehead atoms. The molecule has 3 heterocycles. The quantitative estimate of drug-likeness (QED) is 0.793. The normalized spacial score (nSPS) is 24.6. The summed E-state index contributed by atoms with van der Waals surface area (Å²) in [4.78, 5) is 24.3. The maximum absolute atomic E-state index is 11.2. The molecule has 0 radical (unpaired) electrons. The van der Waals surface area contributed by atoms with Gasteiger partial charge in [-0.2, -0.15) is 0 Å². The third-order valence-electron chi connectivity index (χ3n) is 6.08. The fourth-order valence-corrected chi connectivity index (χ4v) is 4.68. The number of aromatic nitrogens is 2. The largest absolute Gasteiger partial charge is 0.481 e. The zero-order valence-electron chi connectivity index (χ0n) is 16.6. The van der Waals surface area contributed by atoms with E-state index >= 15 is 0 Å². The summed E-state index contributed by atoms with van der Waals surface area (Å²) in [6.07, 6.45) is 2.04. The van der Waals surface area contributed by atoms with E-state index in [1.807, 2.05) is 0 Å². The molecule has 2 fully saturated rings. The van der Waals surface area contributed by atoms with Crippen molar-refractivity contribution in [1.82, 2.24) is 19.8 Å². The van der Waals surface area contributed by atoms with Gasteiger partial charge in [0.1, 0.15) is 5.82 Å². The van der Waals surface area contributed by atoms with Gasteiger partial charge in [0.25, 0.3) is 0 Å². The van der Waals surface area contributed by atoms with Crippen molar-refractivity contribution >= 4 is 17.0 Å². The van der Waals surface area contributed by atoms with E-state index in [4.69, 9.17) is 9.72 Å². The molecule has 28 heavy (non-hydrogen) atoms. The lowest BCUT2D eigenvalue weighted by Crippen LogP contribution is -2.53. The number of ether oxygens (including phenoxy) is 1. The summed E-state index contributed by atoms with van der Waals surface area (Å²) < 4.78 is 5.50. The van der Waals surface area contributed by atoms with Gasteiger partial charge in [-0.3, -0.25) is 14.6 Å². The third-order valence-corrected chi connectivity index (χ3v) is 6.08. The first kappa shape index (κ1) is 19.4. The Labute approximate surface area is 165 Å². The fraction of sp³-hybridized carbons (Fsp3) is 0.619. The molecular formula is C21H30N4O3. The number of aliphatic carboxylic acids is 1. The molecule has 2 aliphatic rings. The van der Waals surface area contributed by atoms with Crippen molar-refractivity contribution in [2.45, 2.75) is 38.8 Å². The molecule has 2 aromatic rings. The van der Waals surface area contributed by atoms with Gasteiger partial charge in [-0.05, 0) is 43.4 Å². The van der Waals surface area contributed by atoms with Crippen LogP contribution in [0.2, 0.25) is 0 Å². The summed E-state index contributed by atoms with van der Waals surface area (Å²) in [5, 5.41) is 9.18. The molecule has 2 atom stereocenters. The second-order valence-electron chi connectivity index (χ2n) is 8.14. The molecule has 152 valence electrons. The minimum atomic E-state index is -0.703. The molecule has 0 saturated carbocycles. The number of H-pyrrole nitrogens is 1. The standard InChI is InChI=1S/C21H30N4O3/c1-15-2-4-17-18(12-15)23-20(22-17)14-24-7-6-19(25-8-10-28-11-9-25)16(13-24)3-5-21(26)27/h2,4,12,16,19H,3,5-11,13-14H2,1H3,(H,22,23)(H,26,27)/t16-,19+/m1/s1. The van der Waals surface area contributed by atoms with Crippen molar-refractivity contribution in [3.8, 4) is 0 Å². The van der Waals surface area contributed by atoms with Crippen LogP contribution < -0.4 is 0 Å². The Bertz CT molecular complexity index is 815.